The summed E-state index contributed by atoms with van der Waals surface area (Å²) in [6, 6.07) is 19.5. The lowest BCUT2D eigenvalue weighted by atomic mass is 10.1. The smallest absolute Gasteiger partial charge is 0.261 e. The number of piperazine rings is 1. The van der Waals surface area contributed by atoms with E-state index in [0.29, 0.717) is 37.6 Å². The molecule has 1 aliphatic rings. The second kappa shape index (κ2) is 10.9. The van der Waals surface area contributed by atoms with Gasteiger partial charge in [-0.3, -0.25) is 9.52 Å². The molecule has 1 heterocycles. The summed E-state index contributed by atoms with van der Waals surface area (Å²) in [7, 11) is -2.09. The van der Waals surface area contributed by atoms with Gasteiger partial charge in [0, 0.05) is 26.2 Å². The first-order valence-electron chi connectivity index (χ1n) is 11.8. The fourth-order valence-electron chi connectivity index (χ4n) is 4.09. The van der Waals surface area contributed by atoms with Gasteiger partial charge in [0.15, 0.2) is 6.61 Å². The third-order valence-corrected chi connectivity index (χ3v) is 7.57. The van der Waals surface area contributed by atoms with Crippen molar-refractivity contribution in [2.75, 3.05) is 49.5 Å². The van der Waals surface area contributed by atoms with Gasteiger partial charge < -0.3 is 19.3 Å². The van der Waals surface area contributed by atoms with E-state index in [1.165, 1.54) is 12.1 Å². The Balaban J connectivity index is 1.30. The number of nitrogens with one attached hydrogen (secondary N) is 1. The van der Waals surface area contributed by atoms with Gasteiger partial charge in [-0.2, -0.15) is 0 Å². The summed E-state index contributed by atoms with van der Waals surface area (Å²) >= 11 is 0. The number of anilines is 2. The molecule has 1 fully saturated rings. The Morgan fingerprint density at radius 3 is 2.33 bits per heavy atom. The molecule has 36 heavy (non-hydrogen) atoms. The zero-order chi connectivity index (χ0) is 25.7. The predicted molar refractivity (Wildman–Crippen MR) is 140 cm³/mol. The van der Waals surface area contributed by atoms with E-state index in [1.54, 1.807) is 30.2 Å². The summed E-state index contributed by atoms with van der Waals surface area (Å²) in [4.78, 5) is 16.8. The first kappa shape index (κ1) is 25.4. The lowest BCUT2D eigenvalue weighted by Crippen LogP contribution is -2.50. The summed E-state index contributed by atoms with van der Waals surface area (Å²) in [5.74, 6) is 1.14. The van der Waals surface area contributed by atoms with Gasteiger partial charge in [0.2, 0.25) is 0 Å². The molecule has 8 nitrogen and oxygen atoms in total. The first-order valence-corrected chi connectivity index (χ1v) is 13.2. The molecule has 9 heteroatoms. The second-order valence-electron chi connectivity index (χ2n) is 8.72. The van der Waals surface area contributed by atoms with Crippen molar-refractivity contribution in [2.45, 2.75) is 18.7 Å². The summed E-state index contributed by atoms with van der Waals surface area (Å²) in [6.45, 7) is 6.22. The molecule has 1 saturated heterocycles. The fraction of sp³-hybridized carbons (Fsp3) is 0.296. The SMILES string of the molecule is COc1ccccc1N1CCN(C(=O)COc2ccc(S(=O)(=O)Nc3cc(C)ccc3C)cc2)CC1. The van der Waals surface area contributed by atoms with Crippen LogP contribution < -0.4 is 19.1 Å². The number of sulfonamides is 1. The highest BCUT2D eigenvalue weighted by Crippen LogP contribution is 2.28. The average molecular weight is 510 g/mol. The Bertz CT molecular complexity index is 1320. The molecule has 0 radical (unpaired) electrons. The van der Waals surface area contributed by atoms with Gasteiger partial charge in [0.25, 0.3) is 15.9 Å². The summed E-state index contributed by atoms with van der Waals surface area (Å²) in [5, 5.41) is 0. The number of benzene rings is 3. The Morgan fingerprint density at radius 1 is 0.944 bits per heavy atom. The van der Waals surface area contributed by atoms with E-state index < -0.39 is 10.0 Å². The number of para-hydroxylation sites is 2. The maximum atomic E-state index is 12.8. The van der Waals surface area contributed by atoms with Gasteiger partial charge in [-0.05, 0) is 67.4 Å². The fourth-order valence-corrected chi connectivity index (χ4v) is 5.21. The van der Waals surface area contributed by atoms with Crippen LogP contribution in [0.25, 0.3) is 0 Å². The van der Waals surface area contributed by atoms with Gasteiger partial charge in [-0.15, -0.1) is 0 Å². The zero-order valence-corrected chi connectivity index (χ0v) is 21.5. The third-order valence-electron chi connectivity index (χ3n) is 6.19. The van der Waals surface area contributed by atoms with Crippen LogP contribution in [0, 0.1) is 13.8 Å². The van der Waals surface area contributed by atoms with Crippen LogP contribution in [0.4, 0.5) is 11.4 Å². The van der Waals surface area contributed by atoms with E-state index in [9.17, 15) is 13.2 Å². The van der Waals surface area contributed by atoms with Crippen molar-refractivity contribution in [1.82, 2.24) is 4.90 Å². The van der Waals surface area contributed by atoms with Gasteiger partial charge in [-0.25, -0.2) is 8.42 Å². The topological polar surface area (TPSA) is 88.2 Å². The van der Waals surface area contributed by atoms with Crippen LogP contribution >= 0.6 is 0 Å². The monoisotopic (exact) mass is 509 g/mol. The molecule has 1 amide bonds. The van der Waals surface area contributed by atoms with Crippen molar-refractivity contribution in [3.05, 3.63) is 77.9 Å². The number of amides is 1. The Labute approximate surface area is 212 Å². The number of rotatable bonds is 8. The summed E-state index contributed by atoms with van der Waals surface area (Å²) in [5.41, 5.74) is 3.37. The van der Waals surface area contributed by atoms with E-state index in [-0.39, 0.29) is 17.4 Å². The molecule has 190 valence electrons. The minimum absolute atomic E-state index is 0.108. The van der Waals surface area contributed by atoms with Crippen LogP contribution in [0.2, 0.25) is 0 Å². The number of carbonyl (C=O) groups is 1. The molecule has 0 unspecified atom stereocenters. The molecule has 0 saturated carbocycles. The van der Waals surface area contributed by atoms with Crippen molar-refractivity contribution < 1.29 is 22.7 Å². The van der Waals surface area contributed by atoms with Crippen molar-refractivity contribution in [3.63, 3.8) is 0 Å². The molecule has 0 bridgehead atoms. The molecule has 3 aromatic rings. The van der Waals surface area contributed by atoms with E-state index >= 15 is 0 Å². The number of methoxy groups -OCH3 is 1. The van der Waals surface area contributed by atoms with Crippen LogP contribution in [0.1, 0.15) is 11.1 Å². The van der Waals surface area contributed by atoms with Crippen molar-refractivity contribution in [2.24, 2.45) is 0 Å². The summed E-state index contributed by atoms with van der Waals surface area (Å²) in [6.07, 6.45) is 0. The number of hydrogen-bond donors (Lipinski definition) is 1. The van der Waals surface area contributed by atoms with Crippen LogP contribution in [0.3, 0.4) is 0 Å². The minimum atomic E-state index is -3.75. The zero-order valence-electron chi connectivity index (χ0n) is 20.7. The number of ether oxygens (including phenoxy) is 2. The van der Waals surface area contributed by atoms with Crippen LogP contribution in [0.5, 0.6) is 11.5 Å². The minimum Gasteiger partial charge on any atom is -0.495 e. The number of carbonyl (C=O) groups excluding carboxylic acids is 1. The maximum absolute atomic E-state index is 12.8. The second-order valence-corrected chi connectivity index (χ2v) is 10.4. The normalized spacial score (nSPS) is 13.9. The van der Waals surface area contributed by atoms with Crippen LogP contribution in [0.15, 0.2) is 71.6 Å². The maximum Gasteiger partial charge on any atom is 0.261 e. The van der Waals surface area contributed by atoms with E-state index in [4.69, 9.17) is 9.47 Å². The largest absolute Gasteiger partial charge is 0.495 e. The molecule has 3 aromatic carbocycles. The molecule has 4 rings (SSSR count). The first-order chi connectivity index (χ1) is 17.3. The lowest BCUT2D eigenvalue weighted by Gasteiger charge is -2.36. The highest BCUT2D eigenvalue weighted by molar-refractivity contribution is 7.92. The molecule has 0 atom stereocenters. The number of hydrogen-bond acceptors (Lipinski definition) is 6. The van der Waals surface area contributed by atoms with Crippen molar-refractivity contribution >= 4 is 27.3 Å². The van der Waals surface area contributed by atoms with Gasteiger partial charge in [0.05, 0.1) is 23.4 Å². The van der Waals surface area contributed by atoms with E-state index in [1.807, 2.05) is 50.2 Å². The molecule has 0 aromatic heterocycles. The van der Waals surface area contributed by atoms with Crippen LogP contribution in [-0.4, -0.2) is 59.1 Å². The molecule has 0 spiro atoms. The quantitative estimate of drug-likeness (QED) is 0.497. The molecular weight excluding hydrogens is 478 g/mol. The van der Waals surface area contributed by atoms with Crippen molar-refractivity contribution in [1.29, 1.82) is 0 Å². The highest BCUT2D eigenvalue weighted by atomic mass is 32.2. The predicted octanol–water partition coefficient (Wildman–Crippen LogP) is 3.84. The lowest BCUT2D eigenvalue weighted by molar-refractivity contribution is -0.133. The Hall–Kier alpha value is -3.72. The summed E-state index contributed by atoms with van der Waals surface area (Å²) < 4.78 is 39.3. The van der Waals surface area contributed by atoms with E-state index in [2.05, 4.69) is 9.62 Å². The van der Waals surface area contributed by atoms with Gasteiger partial charge in [-0.1, -0.05) is 24.3 Å². The van der Waals surface area contributed by atoms with Gasteiger partial charge >= 0.3 is 0 Å². The molecule has 0 aliphatic carbocycles. The van der Waals surface area contributed by atoms with Crippen LogP contribution in [-0.2, 0) is 14.8 Å². The number of nitrogens with zero attached hydrogens (tertiary/aromatic N) is 2. The Kier molecular flexibility index (Phi) is 7.69. The third kappa shape index (κ3) is 5.91. The average Bonchev–Trinajstić information content (AvgIpc) is 2.89. The molecule has 1 N–H and O–H groups in total. The van der Waals surface area contributed by atoms with Gasteiger partial charge in [0.1, 0.15) is 11.5 Å². The molecule has 1 aliphatic heterocycles. The standard InChI is InChI=1S/C27H31N3O5S/c1-20-8-9-21(2)24(18-20)28-36(32,33)23-12-10-22(11-13-23)35-19-27(31)30-16-14-29(15-17-30)25-6-4-5-7-26(25)34-3/h4-13,18,28H,14-17,19H2,1-3H3. The van der Waals surface area contributed by atoms with E-state index in [0.717, 1.165) is 22.6 Å². The molecular formula is C27H31N3O5S. The Morgan fingerprint density at radius 2 is 1.64 bits per heavy atom. The highest BCUT2D eigenvalue weighted by Gasteiger charge is 2.23. The van der Waals surface area contributed by atoms with Crippen molar-refractivity contribution in [3.8, 4) is 11.5 Å². The number of aryl methyl sites for hydroxylation is 2.